The molecule has 0 aliphatic carbocycles. The van der Waals surface area contributed by atoms with Crippen molar-refractivity contribution in [2.45, 2.75) is 6.92 Å². The van der Waals surface area contributed by atoms with E-state index < -0.39 is 18.7 Å². The average Bonchev–Trinajstić information content (AvgIpc) is 2.59. The van der Waals surface area contributed by atoms with Crippen molar-refractivity contribution in [2.75, 3.05) is 17.8 Å². The van der Waals surface area contributed by atoms with Crippen LogP contribution >= 0.6 is 0 Å². The van der Waals surface area contributed by atoms with E-state index in [4.69, 9.17) is 10.8 Å². The molecule has 0 saturated heterocycles. The Morgan fingerprint density at radius 1 is 1.36 bits per heavy atom. The van der Waals surface area contributed by atoms with E-state index >= 15 is 0 Å². The SMILES string of the molecule is Cc1ccncc1-c1cc2cc(NC(=O)OCO)ncc2c(N)c1F. The number of nitrogens with zero attached hydrogens (tertiary/aromatic N) is 2. The number of amides is 1. The van der Waals surface area contributed by atoms with E-state index in [0.29, 0.717) is 21.9 Å². The summed E-state index contributed by atoms with van der Waals surface area (Å²) in [5.41, 5.74) is 7.68. The van der Waals surface area contributed by atoms with E-state index in [2.05, 4.69) is 20.0 Å². The number of pyridine rings is 2. The lowest BCUT2D eigenvalue weighted by molar-refractivity contribution is 0.0527. The van der Waals surface area contributed by atoms with Crippen LogP contribution in [0.2, 0.25) is 0 Å². The van der Waals surface area contributed by atoms with Crippen molar-refractivity contribution in [1.82, 2.24) is 9.97 Å². The largest absolute Gasteiger partial charge is 0.422 e. The molecule has 1 aromatic carbocycles. The summed E-state index contributed by atoms with van der Waals surface area (Å²) < 4.78 is 19.1. The van der Waals surface area contributed by atoms with Crippen molar-refractivity contribution in [1.29, 1.82) is 0 Å². The first-order valence-corrected chi connectivity index (χ1v) is 7.34. The second kappa shape index (κ2) is 6.70. The van der Waals surface area contributed by atoms with Crippen LogP contribution < -0.4 is 11.1 Å². The number of rotatable bonds is 3. The molecular weight excluding hydrogens is 327 g/mol. The lowest BCUT2D eigenvalue weighted by Gasteiger charge is -2.12. The third-order valence-electron chi connectivity index (χ3n) is 3.75. The number of nitrogens with one attached hydrogen (secondary N) is 1. The molecule has 8 heteroatoms. The number of ether oxygens (including phenoxy) is 1. The minimum atomic E-state index is -0.854. The summed E-state index contributed by atoms with van der Waals surface area (Å²) in [6.45, 7) is 1.10. The maximum absolute atomic E-state index is 14.7. The highest BCUT2D eigenvalue weighted by atomic mass is 19.1. The quantitative estimate of drug-likeness (QED) is 0.499. The Labute approximate surface area is 142 Å². The monoisotopic (exact) mass is 342 g/mol. The number of nitrogen functional groups attached to an aromatic ring is 1. The van der Waals surface area contributed by atoms with Gasteiger partial charge in [0.15, 0.2) is 12.6 Å². The van der Waals surface area contributed by atoms with Crippen LogP contribution in [0.3, 0.4) is 0 Å². The number of nitrogens with two attached hydrogens (primary N) is 1. The molecule has 0 atom stereocenters. The van der Waals surface area contributed by atoms with Crippen molar-refractivity contribution >= 4 is 28.4 Å². The molecule has 1 amide bonds. The number of aliphatic hydroxyl groups is 1. The van der Waals surface area contributed by atoms with Crippen molar-refractivity contribution < 1.29 is 19.0 Å². The van der Waals surface area contributed by atoms with Gasteiger partial charge in [-0.1, -0.05) is 0 Å². The molecule has 4 N–H and O–H groups in total. The summed E-state index contributed by atoms with van der Waals surface area (Å²) in [6, 6.07) is 4.94. The number of aliphatic hydroxyl groups excluding tert-OH is 1. The van der Waals surface area contributed by atoms with Crippen LogP contribution in [0.1, 0.15) is 5.56 Å². The molecule has 128 valence electrons. The molecule has 0 aliphatic rings. The molecule has 3 rings (SSSR count). The van der Waals surface area contributed by atoms with Gasteiger partial charge in [0.25, 0.3) is 0 Å². The zero-order chi connectivity index (χ0) is 18.0. The topological polar surface area (TPSA) is 110 Å². The molecule has 0 fully saturated rings. The van der Waals surface area contributed by atoms with Crippen molar-refractivity contribution in [3.63, 3.8) is 0 Å². The van der Waals surface area contributed by atoms with Gasteiger partial charge in [-0.15, -0.1) is 0 Å². The van der Waals surface area contributed by atoms with Crippen LogP contribution in [-0.4, -0.2) is 28.0 Å². The van der Waals surface area contributed by atoms with Gasteiger partial charge in [-0.25, -0.2) is 14.2 Å². The Bertz CT molecular complexity index is 962. The van der Waals surface area contributed by atoms with E-state index in [1.54, 1.807) is 30.6 Å². The molecule has 0 spiro atoms. The fourth-order valence-electron chi connectivity index (χ4n) is 2.51. The van der Waals surface area contributed by atoms with E-state index in [-0.39, 0.29) is 11.5 Å². The highest BCUT2D eigenvalue weighted by Gasteiger charge is 2.15. The molecule has 2 heterocycles. The fourth-order valence-corrected chi connectivity index (χ4v) is 2.51. The maximum Gasteiger partial charge on any atom is 0.414 e. The fraction of sp³-hybridized carbons (Fsp3) is 0.118. The Morgan fingerprint density at radius 3 is 2.88 bits per heavy atom. The summed E-state index contributed by atoms with van der Waals surface area (Å²) in [6.07, 6.45) is 3.70. The third-order valence-corrected chi connectivity index (χ3v) is 3.75. The first kappa shape index (κ1) is 16.6. The van der Waals surface area contributed by atoms with Crippen molar-refractivity contribution in [2.24, 2.45) is 0 Å². The predicted molar refractivity (Wildman–Crippen MR) is 91.3 cm³/mol. The first-order valence-electron chi connectivity index (χ1n) is 7.34. The Hall–Kier alpha value is -3.26. The molecule has 7 nitrogen and oxygen atoms in total. The molecule has 0 radical (unpaired) electrons. The predicted octanol–water partition coefficient (Wildman–Crippen LogP) is 2.82. The summed E-state index contributed by atoms with van der Waals surface area (Å²) in [7, 11) is 0. The molecule has 0 aliphatic heterocycles. The van der Waals surface area contributed by atoms with Gasteiger partial charge in [-0.3, -0.25) is 10.3 Å². The zero-order valence-electron chi connectivity index (χ0n) is 13.3. The van der Waals surface area contributed by atoms with Gasteiger partial charge in [0.05, 0.1) is 5.69 Å². The molecule has 2 aromatic heterocycles. The van der Waals surface area contributed by atoms with Crippen molar-refractivity contribution in [3.05, 3.63) is 48.2 Å². The van der Waals surface area contributed by atoms with Crippen molar-refractivity contribution in [3.8, 4) is 11.1 Å². The van der Waals surface area contributed by atoms with Crippen LogP contribution in [0.25, 0.3) is 21.9 Å². The number of carbonyl (C=O) groups excluding carboxylic acids is 1. The highest BCUT2D eigenvalue weighted by molar-refractivity contribution is 5.99. The first-order chi connectivity index (χ1) is 12.0. The maximum atomic E-state index is 14.7. The van der Waals surface area contributed by atoms with Crippen LogP contribution in [-0.2, 0) is 4.74 Å². The van der Waals surface area contributed by atoms with E-state index in [1.807, 2.05) is 6.92 Å². The zero-order valence-corrected chi connectivity index (χ0v) is 13.3. The van der Waals surface area contributed by atoms with Gasteiger partial charge in [0.2, 0.25) is 0 Å². The number of hydrogen-bond acceptors (Lipinski definition) is 6. The van der Waals surface area contributed by atoms with E-state index in [9.17, 15) is 9.18 Å². The Kier molecular flexibility index (Phi) is 4.44. The molecule has 0 bridgehead atoms. The number of hydrogen-bond donors (Lipinski definition) is 3. The second-order valence-electron chi connectivity index (χ2n) is 5.32. The standard InChI is InChI=1S/C17H15FN4O3/c1-9-2-3-20-6-12(9)11-4-10-5-14(22-17(24)25-8-23)21-7-13(10)16(19)15(11)18/h2-7,23H,8,19H2,1H3,(H,21,22,24). The molecular formula is C17H15FN4O3. The summed E-state index contributed by atoms with van der Waals surface area (Å²) in [5, 5.41) is 11.9. The molecule has 25 heavy (non-hydrogen) atoms. The second-order valence-corrected chi connectivity index (χ2v) is 5.32. The van der Waals surface area contributed by atoms with Gasteiger partial charge >= 0.3 is 6.09 Å². The van der Waals surface area contributed by atoms with Gasteiger partial charge in [0, 0.05) is 35.1 Å². The smallest absolute Gasteiger partial charge is 0.414 e. The normalized spacial score (nSPS) is 10.7. The summed E-state index contributed by atoms with van der Waals surface area (Å²) in [5.74, 6) is -0.364. The lowest BCUT2D eigenvalue weighted by atomic mass is 9.98. The molecule has 3 aromatic rings. The van der Waals surface area contributed by atoms with E-state index in [1.165, 1.54) is 6.20 Å². The number of fused-ring (bicyclic) bond motifs is 1. The number of carbonyl (C=O) groups is 1. The number of aryl methyl sites for hydroxylation is 1. The Morgan fingerprint density at radius 2 is 2.16 bits per heavy atom. The number of aromatic nitrogens is 2. The number of halogens is 1. The Balaban J connectivity index is 2.12. The lowest BCUT2D eigenvalue weighted by Crippen LogP contribution is -2.14. The van der Waals surface area contributed by atoms with Gasteiger partial charge in [0.1, 0.15) is 5.82 Å². The summed E-state index contributed by atoms with van der Waals surface area (Å²) in [4.78, 5) is 19.4. The van der Waals surface area contributed by atoms with Gasteiger partial charge in [-0.05, 0) is 36.1 Å². The van der Waals surface area contributed by atoms with Gasteiger partial charge < -0.3 is 15.6 Å². The summed E-state index contributed by atoms with van der Waals surface area (Å²) >= 11 is 0. The van der Waals surface area contributed by atoms with Gasteiger partial charge in [-0.2, -0.15) is 0 Å². The molecule has 0 unspecified atom stereocenters. The van der Waals surface area contributed by atoms with Crippen LogP contribution in [0, 0.1) is 12.7 Å². The average molecular weight is 342 g/mol. The minimum absolute atomic E-state index is 0.0345. The number of benzene rings is 1. The van der Waals surface area contributed by atoms with Crippen LogP contribution in [0.5, 0.6) is 0 Å². The third kappa shape index (κ3) is 3.20. The number of anilines is 2. The minimum Gasteiger partial charge on any atom is -0.422 e. The van der Waals surface area contributed by atoms with Crippen LogP contribution in [0.15, 0.2) is 36.8 Å². The highest BCUT2D eigenvalue weighted by Crippen LogP contribution is 2.34. The molecule has 0 saturated carbocycles. The van der Waals surface area contributed by atoms with Crippen LogP contribution in [0.4, 0.5) is 20.7 Å². The van der Waals surface area contributed by atoms with E-state index in [0.717, 1.165) is 5.56 Å².